The summed E-state index contributed by atoms with van der Waals surface area (Å²) in [5, 5.41) is 11.9. The fourth-order valence-electron chi connectivity index (χ4n) is 1.39. The Hall–Kier alpha value is -1.78. The van der Waals surface area contributed by atoms with Crippen molar-refractivity contribution < 1.29 is 0 Å². The second-order valence-electron chi connectivity index (χ2n) is 3.33. The smallest absolute Gasteiger partial charge is 0.137 e. The molecule has 0 atom stereocenters. The lowest BCUT2D eigenvalue weighted by molar-refractivity contribution is 0.553. The van der Waals surface area contributed by atoms with Crippen molar-refractivity contribution in [1.29, 1.82) is 0 Å². The van der Waals surface area contributed by atoms with Gasteiger partial charge in [0.05, 0.1) is 5.69 Å². The summed E-state index contributed by atoms with van der Waals surface area (Å²) in [6.45, 7) is 0.917. The first-order valence-corrected chi connectivity index (χ1v) is 5.04. The van der Waals surface area contributed by atoms with Crippen LogP contribution in [0.2, 0.25) is 0 Å². The van der Waals surface area contributed by atoms with Crippen molar-refractivity contribution >= 4 is 0 Å². The predicted octanol–water partition coefficient (Wildman–Crippen LogP) is 1.09. The van der Waals surface area contributed by atoms with Crippen molar-refractivity contribution in [3.63, 3.8) is 0 Å². The van der Waals surface area contributed by atoms with E-state index in [-0.39, 0.29) is 0 Å². The lowest BCUT2D eigenvalue weighted by atomic mass is 10.2. The average Bonchev–Trinajstić information content (AvgIpc) is 2.79. The van der Waals surface area contributed by atoms with E-state index in [1.54, 1.807) is 18.9 Å². The first-order chi connectivity index (χ1) is 7.45. The maximum absolute atomic E-state index is 4.04. The first kappa shape index (κ1) is 9.76. The summed E-state index contributed by atoms with van der Waals surface area (Å²) in [7, 11) is 0. The van der Waals surface area contributed by atoms with Crippen LogP contribution in [0.3, 0.4) is 0 Å². The van der Waals surface area contributed by atoms with Crippen LogP contribution in [0.4, 0.5) is 0 Å². The van der Waals surface area contributed by atoms with Crippen LogP contribution < -0.4 is 0 Å². The number of nitrogens with zero attached hydrogens (tertiary/aromatic N) is 5. The van der Waals surface area contributed by atoms with E-state index in [9.17, 15) is 0 Å². The minimum Gasteiger partial charge on any atom is -0.253 e. The van der Waals surface area contributed by atoms with Crippen LogP contribution in [0.25, 0.3) is 0 Å². The lowest BCUT2D eigenvalue weighted by Crippen LogP contribution is -1.99. The largest absolute Gasteiger partial charge is 0.253 e. The Kier molecular flexibility index (Phi) is 3.38. The normalized spacial score (nSPS) is 10.4. The molecular formula is C10H13N5. The van der Waals surface area contributed by atoms with E-state index in [1.807, 2.05) is 16.8 Å². The van der Waals surface area contributed by atoms with E-state index in [0.717, 1.165) is 31.5 Å². The van der Waals surface area contributed by atoms with Gasteiger partial charge in [-0.25, -0.2) is 4.98 Å². The van der Waals surface area contributed by atoms with Crippen molar-refractivity contribution in [2.24, 2.45) is 0 Å². The minimum atomic E-state index is 0.917. The minimum absolute atomic E-state index is 0.917. The van der Waals surface area contributed by atoms with Crippen molar-refractivity contribution in [3.05, 3.63) is 36.7 Å². The number of hydrogen-bond acceptors (Lipinski definition) is 4. The van der Waals surface area contributed by atoms with Gasteiger partial charge in [-0.3, -0.25) is 4.68 Å². The number of rotatable bonds is 5. The molecule has 0 saturated carbocycles. The molecule has 0 aliphatic rings. The molecule has 2 aromatic rings. The lowest BCUT2D eigenvalue weighted by Gasteiger charge is -2.00. The van der Waals surface area contributed by atoms with Crippen molar-refractivity contribution in [3.8, 4) is 0 Å². The van der Waals surface area contributed by atoms with Gasteiger partial charge < -0.3 is 0 Å². The molecule has 0 radical (unpaired) electrons. The molecular weight excluding hydrogens is 190 g/mol. The monoisotopic (exact) mass is 203 g/mol. The Morgan fingerprint density at radius 3 is 3.00 bits per heavy atom. The molecule has 0 amide bonds. The maximum atomic E-state index is 4.04. The van der Waals surface area contributed by atoms with E-state index in [2.05, 4.69) is 20.3 Å². The number of unbranched alkanes of at least 4 members (excludes halogenated alkanes) is 1. The molecule has 0 unspecified atom stereocenters. The predicted molar refractivity (Wildman–Crippen MR) is 55.0 cm³/mol. The Balaban J connectivity index is 1.68. The third-order valence-corrected chi connectivity index (χ3v) is 2.16. The molecule has 2 rings (SSSR count). The van der Waals surface area contributed by atoms with E-state index < -0.39 is 0 Å². The molecule has 0 saturated heterocycles. The van der Waals surface area contributed by atoms with Crippen LogP contribution in [0.5, 0.6) is 0 Å². The van der Waals surface area contributed by atoms with Gasteiger partial charge in [0.2, 0.25) is 0 Å². The molecule has 2 heterocycles. The third-order valence-electron chi connectivity index (χ3n) is 2.16. The number of aromatic nitrogens is 5. The molecule has 78 valence electrons. The van der Waals surface area contributed by atoms with Crippen LogP contribution in [-0.2, 0) is 13.0 Å². The zero-order chi connectivity index (χ0) is 10.3. The van der Waals surface area contributed by atoms with Gasteiger partial charge in [0.1, 0.15) is 12.7 Å². The van der Waals surface area contributed by atoms with Crippen LogP contribution in [0.1, 0.15) is 18.5 Å². The Labute approximate surface area is 88.2 Å². The second-order valence-corrected chi connectivity index (χ2v) is 3.33. The fraction of sp³-hybridized carbons (Fsp3) is 0.400. The topological polar surface area (TPSA) is 56.5 Å². The highest BCUT2D eigenvalue weighted by Crippen LogP contribution is 2.01. The molecule has 5 nitrogen and oxygen atoms in total. The summed E-state index contributed by atoms with van der Waals surface area (Å²) >= 11 is 0. The van der Waals surface area contributed by atoms with Crippen LogP contribution in [-0.4, -0.2) is 25.0 Å². The molecule has 15 heavy (non-hydrogen) atoms. The molecule has 0 fully saturated rings. The van der Waals surface area contributed by atoms with Gasteiger partial charge in [-0.15, -0.1) is 0 Å². The van der Waals surface area contributed by atoms with Crippen molar-refractivity contribution in [1.82, 2.24) is 25.0 Å². The highest BCUT2D eigenvalue weighted by molar-refractivity contribution is 4.98. The van der Waals surface area contributed by atoms with Crippen LogP contribution >= 0.6 is 0 Å². The average molecular weight is 203 g/mol. The van der Waals surface area contributed by atoms with E-state index in [0.29, 0.717) is 0 Å². The maximum Gasteiger partial charge on any atom is 0.137 e. The highest BCUT2D eigenvalue weighted by Gasteiger charge is 1.95. The summed E-state index contributed by atoms with van der Waals surface area (Å²) < 4.78 is 1.84. The molecule has 0 N–H and O–H groups in total. The van der Waals surface area contributed by atoms with E-state index in [4.69, 9.17) is 0 Å². The van der Waals surface area contributed by atoms with Gasteiger partial charge in [0, 0.05) is 12.7 Å². The standard InChI is InChI=1S/C10H13N5/c1(2-7-15-9-11-8-13-15)4-10-5-3-6-12-14-10/h3,5-6,8-9H,1-2,4,7H2. The quantitative estimate of drug-likeness (QED) is 0.682. The SMILES string of the molecule is c1cnnc(CCCCn2cncn2)c1. The van der Waals surface area contributed by atoms with E-state index in [1.165, 1.54) is 0 Å². The Bertz CT molecular complexity index is 370. The van der Waals surface area contributed by atoms with Crippen molar-refractivity contribution in [2.45, 2.75) is 25.8 Å². The van der Waals surface area contributed by atoms with Gasteiger partial charge in [-0.05, 0) is 31.4 Å². The Morgan fingerprint density at radius 1 is 1.27 bits per heavy atom. The van der Waals surface area contributed by atoms with E-state index >= 15 is 0 Å². The first-order valence-electron chi connectivity index (χ1n) is 5.04. The summed E-state index contributed by atoms with van der Waals surface area (Å²) in [6, 6.07) is 3.92. The molecule has 2 aromatic heterocycles. The zero-order valence-electron chi connectivity index (χ0n) is 8.45. The Morgan fingerprint density at radius 2 is 2.27 bits per heavy atom. The zero-order valence-corrected chi connectivity index (χ0v) is 8.45. The van der Waals surface area contributed by atoms with Gasteiger partial charge in [-0.2, -0.15) is 15.3 Å². The number of hydrogen-bond donors (Lipinski definition) is 0. The van der Waals surface area contributed by atoms with Crippen LogP contribution in [0, 0.1) is 0 Å². The van der Waals surface area contributed by atoms with Gasteiger partial charge in [0.15, 0.2) is 0 Å². The molecule has 0 spiro atoms. The third kappa shape index (κ3) is 3.12. The molecule has 5 heteroatoms. The molecule has 0 aromatic carbocycles. The summed E-state index contributed by atoms with van der Waals surface area (Å²) in [4.78, 5) is 3.89. The molecule has 0 bridgehead atoms. The van der Waals surface area contributed by atoms with Crippen LogP contribution in [0.15, 0.2) is 31.0 Å². The highest BCUT2D eigenvalue weighted by atomic mass is 15.3. The van der Waals surface area contributed by atoms with Gasteiger partial charge in [0.25, 0.3) is 0 Å². The van der Waals surface area contributed by atoms with Gasteiger partial charge in [-0.1, -0.05) is 0 Å². The summed E-state index contributed by atoms with van der Waals surface area (Å²) in [5.74, 6) is 0. The number of aryl methyl sites for hydroxylation is 2. The van der Waals surface area contributed by atoms with Crippen molar-refractivity contribution in [2.75, 3.05) is 0 Å². The summed E-state index contributed by atoms with van der Waals surface area (Å²) in [5.41, 5.74) is 1.05. The fourth-order valence-corrected chi connectivity index (χ4v) is 1.39. The molecule has 0 aliphatic carbocycles. The second kappa shape index (κ2) is 5.19. The summed E-state index contributed by atoms with van der Waals surface area (Å²) in [6.07, 6.45) is 8.14. The van der Waals surface area contributed by atoms with Gasteiger partial charge >= 0.3 is 0 Å². The molecule has 0 aliphatic heterocycles.